The number of carbonyl (C=O) groups excluding carboxylic acids is 1. The van der Waals surface area contributed by atoms with Gasteiger partial charge in [0.2, 0.25) is 0 Å². The zero-order valence-electron chi connectivity index (χ0n) is 9.45. The van der Waals surface area contributed by atoms with E-state index in [4.69, 9.17) is 5.11 Å². The predicted molar refractivity (Wildman–Crippen MR) is 67.4 cm³/mol. The van der Waals surface area contributed by atoms with Crippen LogP contribution in [-0.2, 0) is 0 Å². The quantitative estimate of drug-likeness (QED) is 0.491. The Kier molecular flexibility index (Phi) is 3.38. The van der Waals surface area contributed by atoms with Crippen LogP contribution in [0, 0.1) is 0 Å². The number of hydrogen-bond acceptors (Lipinski definition) is 4. The summed E-state index contributed by atoms with van der Waals surface area (Å²) in [7, 11) is 0. The molecule has 1 aromatic carbocycles. The Morgan fingerprint density at radius 1 is 1.17 bits per heavy atom. The SMILES string of the molecule is O=C(C=Cc1ccc(O)c(O)c1)c1cccnc1. The molecule has 90 valence electrons. The largest absolute Gasteiger partial charge is 0.504 e. The fraction of sp³-hybridized carbons (Fsp3) is 0. The first-order valence-electron chi connectivity index (χ1n) is 5.31. The molecule has 2 aromatic rings. The third-order valence-corrected chi connectivity index (χ3v) is 2.37. The van der Waals surface area contributed by atoms with Crippen LogP contribution in [0.5, 0.6) is 11.5 Å². The fourth-order valence-electron chi connectivity index (χ4n) is 1.42. The number of pyridine rings is 1. The van der Waals surface area contributed by atoms with Crippen LogP contribution in [0.25, 0.3) is 6.08 Å². The van der Waals surface area contributed by atoms with Crippen molar-refractivity contribution in [3.8, 4) is 11.5 Å². The number of carbonyl (C=O) groups is 1. The molecule has 0 unspecified atom stereocenters. The van der Waals surface area contributed by atoms with E-state index in [-0.39, 0.29) is 17.3 Å². The molecule has 0 atom stereocenters. The summed E-state index contributed by atoms with van der Waals surface area (Å²) in [4.78, 5) is 15.6. The van der Waals surface area contributed by atoms with Crippen molar-refractivity contribution >= 4 is 11.9 Å². The summed E-state index contributed by atoms with van der Waals surface area (Å²) in [6, 6.07) is 7.70. The minimum absolute atomic E-state index is 0.171. The van der Waals surface area contributed by atoms with Crippen LogP contribution in [0.1, 0.15) is 15.9 Å². The topological polar surface area (TPSA) is 70.4 Å². The first-order chi connectivity index (χ1) is 8.66. The van der Waals surface area contributed by atoms with Crippen molar-refractivity contribution in [1.29, 1.82) is 0 Å². The number of phenols is 2. The molecule has 4 heteroatoms. The van der Waals surface area contributed by atoms with Gasteiger partial charge in [0.1, 0.15) is 0 Å². The molecule has 0 fully saturated rings. The van der Waals surface area contributed by atoms with Gasteiger partial charge < -0.3 is 10.2 Å². The number of nitrogens with zero attached hydrogens (tertiary/aromatic N) is 1. The number of phenolic OH excluding ortho intramolecular Hbond substituents is 2. The summed E-state index contributed by atoms with van der Waals surface area (Å²) in [5.74, 6) is -0.577. The second kappa shape index (κ2) is 5.14. The van der Waals surface area contributed by atoms with Gasteiger partial charge in [-0.05, 0) is 35.9 Å². The van der Waals surface area contributed by atoms with E-state index in [2.05, 4.69) is 4.98 Å². The summed E-state index contributed by atoms with van der Waals surface area (Å²) in [6.07, 6.45) is 6.04. The highest BCUT2D eigenvalue weighted by Gasteiger charge is 2.01. The van der Waals surface area contributed by atoms with Gasteiger partial charge in [0, 0.05) is 18.0 Å². The van der Waals surface area contributed by atoms with Gasteiger partial charge in [0.05, 0.1) is 0 Å². The summed E-state index contributed by atoms with van der Waals surface area (Å²) < 4.78 is 0. The summed E-state index contributed by atoms with van der Waals surface area (Å²) in [6.45, 7) is 0. The highest BCUT2D eigenvalue weighted by molar-refractivity contribution is 6.06. The Bertz CT molecular complexity index is 591. The van der Waals surface area contributed by atoms with Crippen molar-refractivity contribution in [1.82, 2.24) is 4.98 Å². The van der Waals surface area contributed by atoms with Gasteiger partial charge in [-0.1, -0.05) is 12.1 Å². The van der Waals surface area contributed by atoms with E-state index < -0.39 is 0 Å². The summed E-state index contributed by atoms with van der Waals surface area (Å²) in [5.41, 5.74) is 1.12. The highest BCUT2D eigenvalue weighted by Crippen LogP contribution is 2.25. The molecule has 0 saturated heterocycles. The van der Waals surface area contributed by atoms with Gasteiger partial charge in [0.15, 0.2) is 17.3 Å². The predicted octanol–water partition coefficient (Wildman–Crippen LogP) is 2.39. The molecule has 1 heterocycles. The molecule has 0 spiro atoms. The standard InChI is InChI=1S/C14H11NO3/c16-12(11-2-1-7-15-9-11)5-3-10-4-6-13(17)14(18)8-10/h1-9,17-18H. The van der Waals surface area contributed by atoms with Crippen molar-refractivity contribution < 1.29 is 15.0 Å². The first-order valence-corrected chi connectivity index (χ1v) is 5.31. The fourth-order valence-corrected chi connectivity index (χ4v) is 1.42. The second-order valence-electron chi connectivity index (χ2n) is 3.69. The van der Waals surface area contributed by atoms with E-state index in [1.165, 1.54) is 24.4 Å². The molecular formula is C14H11NO3. The van der Waals surface area contributed by atoms with Gasteiger partial charge in [-0.3, -0.25) is 9.78 Å². The smallest absolute Gasteiger partial charge is 0.187 e. The highest BCUT2D eigenvalue weighted by atomic mass is 16.3. The summed E-state index contributed by atoms with van der Waals surface area (Å²) >= 11 is 0. The molecule has 0 aliphatic carbocycles. The number of aromatic nitrogens is 1. The van der Waals surface area contributed by atoms with Gasteiger partial charge in [-0.2, -0.15) is 0 Å². The summed E-state index contributed by atoms with van der Waals surface area (Å²) in [5, 5.41) is 18.5. The van der Waals surface area contributed by atoms with Crippen molar-refractivity contribution in [2.24, 2.45) is 0 Å². The van der Waals surface area contributed by atoms with Crippen LogP contribution >= 0.6 is 0 Å². The first kappa shape index (κ1) is 11.9. The number of rotatable bonds is 3. The van der Waals surface area contributed by atoms with Crippen molar-refractivity contribution in [3.05, 3.63) is 59.9 Å². The molecule has 2 rings (SSSR count). The lowest BCUT2D eigenvalue weighted by molar-refractivity contribution is 0.104. The number of ketones is 1. The number of hydrogen-bond donors (Lipinski definition) is 2. The Morgan fingerprint density at radius 3 is 2.67 bits per heavy atom. The van der Waals surface area contributed by atoms with Crippen LogP contribution in [-0.4, -0.2) is 21.0 Å². The van der Waals surface area contributed by atoms with E-state index in [1.54, 1.807) is 30.5 Å². The van der Waals surface area contributed by atoms with Gasteiger partial charge in [0.25, 0.3) is 0 Å². The molecule has 4 nitrogen and oxygen atoms in total. The zero-order valence-corrected chi connectivity index (χ0v) is 9.45. The molecule has 0 aliphatic rings. The van der Waals surface area contributed by atoms with Crippen LogP contribution in [0.2, 0.25) is 0 Å². The maximum Gasteiger partial charge on any atom is 0.187 e. The molecule has 2 N–H and O–H groups in total. The maximum absolute atomic E-state index is 11.7. The van der Waals surface area contributed by atoms with Gasteiger partial charge in [-0.25, -0.2) is 0 Å². The minimum Gasteiger partial charge on any atom is -0.504 e. The third-order valence-electron chi connectivity index (χ3n) is 2.37. The van der Waals surface area contributed by atoms with Crippen molar-refractivity contribution in [2.75, 3.05) is 0 Å². The number of allylic oxidation sites excluding steroid dienone is 1. The van der Waals surface area contributed by atoms with Gasteiger partial charge in [-0.15, -0.1) is 0 Å². The molecule has 0 aliphatic heterocycles. The Hall–Kier alpha value is -2.62. The second-order valence-corrected chi connectivity index (χ2v) is 3.69. The average Bonchev–Trinajstić information content (AvgIpc) is 2.41. The molecule has 0 radical (unpaired) electrons. The van der Waals surface area contributed by atoms with Gasteiger partial charge >= 0.3 is 0 Å². The van der Waals surface area contributed by atoms with E-state index in [1.807, 2.05) is 0 Å². The Labute approximate surface area is 104 Å². The molecule has 0 bridgehead atoms. The van der Waals surface area contributed by atoms with E-state index >= 15 is 0 Å². The van der Waals surface area contributed by atoms with Crippen LogP contribution in [0.3, 0.4) is 0 Å². The average molecular weight is 241 g/mol. The lowest BCUT2D eigenvalue weighted by Gasteiger charge is -1.98. The maximum atomic E-state index is 11.7. The third kappa shape index (κ3) is 2.74. The van der Waals surface area contributed by atoms with E-state index in [9.17, 15) is 9.90 Å². The lowest BCUT2D eigenvalue weighted by atomic mass is 10.1. The van der Waals surface area contributed by atoms with E-state index in [0.717, 1.165) is 0 Å². The van der Waals surface area contributed by atoms with Crippen molar-refractivity contribution in [2.45, 2.75) is 0 Å². The molecule has 0 saturated carbocycles. The van der Waals surface area contributed by atoms with Crippen LogP contribution < -0.4 is 0 Å². The van der Waals surface area contributed by atoms with E-state index in [0.29, 0.717) is 11.1 Å². The Morgan fingerprint density at radius 2 is 2.00 bits per heavy atom. The molecule has 18 heavy (non-hydrogen) atoms. The molecular weight excluding hydrogens is 230 g/mol. The van der Waals surface area contributed by atoms with Crippen molar-refractivity contribution in [3.63, 3.8) is 0 Å². The monoisotopic (exact) mass is 241 g/mol. The lowest BCUT2D eigenvalue weighted by Crippen LogP contribution is -1.93. The van der Waals surface area contributed by atoms with Crippen LogP contribution in [0.15, 0.2) is 48.8 Å². The Balaban J connectivity index is 2.16. The van der Waals surface area contributed by atoms with Crippen LogP contribution in [0.4, 0.5) is 0 Å². The normalized spacial score (nSPS) is 10.7. The number of aromatic hydroxyl groups is 2. The minimum atomic E-state index is -0.217. The molecule has 0 amide bonds. The number of benzene rings is 1. The molecule has 1 aromatic heterocycles. The zero-order chi connectivity index (χ0) is 13.0.